The lowest BCUT2D eigenvalue weighted by atomic mass is 9.98. The van der Waals surface area contributed by atoms with Crippen LogP contribution in [0.5, 0.6) is 0 Å². The number of fused-ring (bicyclic) bond motifs is 1. The first-order chi connectivity index (χ1) is 10.2. The van der Waals surface area contributed by atoms with Crippen molar-refractivity contribution in [1.82, 2.24) is 24.7 Å². The highest BCUT2D eigenvalue weighted by molar-refractivity contribution is 6.30. The molecule has 1 fully saturated rings. The number of imidazole rings is 1. The maximum Gasteiger partial charge on any atom is 0.137 e. The van der Waals surface area contributed by atoms with E-state index in [2.05, 4.69) is 26.3 Å². The minimum absolute atomic E-state index is 0.480. The highest BCUT2D eigenvalue weighted by Gasteiger charge is 2.22. The molecule has 0 aromatic carbocycles. The van der Waals surface area contributed by atoms with Crippen molar-refractivity contribution in [2.75, 3.05) is 13.1 Å². The van der Waals surface area contributed by atoms with Crippen LogP contribution >= 0.6 is 11.6 Å². The minimum Gasteiger partial charge on any atom is -0.315 e. The van der Waals surface area contributed by atoms with Gasteiger partial charge in [0.25, 0.3) is 0 Å². The van der Waals surface area contributed by atoms with Crippen LogP contribution in [0.4, 0.5) is 0 Å². The Balaban J connectivity index is 1.87. The highest BCUT2D eigenvalue weighted by atomic mass is 35.5. The Morgan fingerprint density at radius 3 is 2.90 bits per heavy atom. The fraction of sp³-hybridized carbons (Fsp3) is 0.267. The topological polar surface area (TPSA) is 55.1 Å². The van der Waals surface area contributed by atoms with Crippen molar-refractivity contribution in [2.45, 2.75) is 12.8 Å². The second kappa shape index (κ2) is 4.79. The maximum atomic E-state index is 6.09. The first-order valence-electron chi connectivity index (χ1n) is 6.90. The normalized spacial score (nSPS) is 15.3. The summed E-state index contributed by atoms with van der Waals surface area (Å²) in [7, 11) is 0. The summed E-state index contributed by atoms with van der Waals surface area (Å²) in [6, 6.07) is 5.80. The molecule has 6 heteroatoms. The van der Waals surface area contributed by atoms with Crippen LogP contribution in [0.2, 0.25) is 5.02 Å². The zero-order valence-corrected chi connectivity index (χ0v) is 12.3. The number of nitrogens with one attached hydrogen (secondary N) is 1. The van der Waals surface area contributed by atoms with Crippen LogP contribution in [-0.4, -0.2) is 32.4 Å². The molecule has 4 heterocycles. The van der Waals surface area contributed by atoms with Crippen LogP contribution in [0.1, 0.15) is 17.4 Å². The Labute approximate surface area is 127 Å². The largest absolute Gasteiger partial charge is 0.315 e. The van der Waals surface area contributed by atoms with Crippen molar-refractivity contribution < 1.29 is 0 Å². The summed E-state index contributed by atoms with van der Waals surface area (Å²) in [5.74, 6) is 1.26. The van der Waals surface area contributed by atoms with Crippen LogP contribution in [-0.2, 0) is 0 Å². The minimum atomic E-state index is 0.480. The van der Waals surface area contributed by atoms with Gasteiger partial charge in [0.1, 0.15) is 11.5 Å². The van der Waals surface area contributed by atoms with Gasteiger partial charge in [-0.2, -0.15) is 0 Å². The quantitative estimate of drug-likeness (QED) is 0.790. The van der Waals surface area contributed by atoms with Gasteiger partial charge < -0.3 is 5.32 Å². The smallest absolute Gasteiger partial charge is 0.137 e. The summed E-state index contributed by atoms with van der Waals surface area (Å²) in [6.45, 7) is 3.89. The lowest BCUT2D eigenvalue weighted by Crippen LogP contribution is -2.40. The third-order valence-electron chi connectivity index (χ3n) is 3.79. The van der Waals surface area contributed by atoms with E-state index in [1.807, 2.05) is 35.9 Å². The number of hydrogen-bond donors (Lipinski definition) is 1. The third kappa shape index (κ3) is 2.18. The molecule has 1 saturated heterocycles. The molecule has 1 aliphatic heterocycles. The molecule has 0 aliphatic carbocycles. The lowest BCUT2D eigenvalue weighted by molar-refractivity contribution is 0.438. The molecular formula is C15H14ClN5. The first kappa shape index (κ1) is 12.7. The van der Waals surface area contributed by atoms with E-state index in [-0.39, 0.29) is 0 Å². The third-order valence-corrected chi connectivity index (χ3v) is 4.01. The van der Waals surface area contributed by atoms with E-state index >= 15 is 0 Å². The number of aromatic nitrogens is 4. The molecule has 3 aromatic heterocycles. The number of nitrogens with zero attached hydrogens (tertiary/aromatic N) is 4. The van der Waals surface area contributed by atoms with E-state index in [9.17, 15) is 0 Å². The van der Waals surface area contributed by atoms with Gasteiger partial charge in [-0.1, -0.05) is 11.6 Å². The predicted molar refractivity (Wildman–Crippen MR) is 81.6 cm³/mol. The zero-order chi connectivity index (χ0) is 14.4. The highest BCUT2D eigenvalue weighted by Crippen LogP contribution is 2.25. The van der Waals surface area contributed by atoms with Crippen LogP contribution < -0.4 is 5.32 Å². The average molecular weight is 300 g/mol. The number of rotatable bonds is 2. The molecule has 106 valence electrons. The fourth-order valence-corrected chi connectivity index (χ4v) is 2.73. The van der Waals surface area contributed by atoms with Crippen LogP contribution in [0, 0.1) is 6.92 Å². The van der Waals surface area contributed by atoms with Gasteiger partial charge in [-0.05, 0) is 25.1 Å². The number of halogens is 1. The number of aryl methyl sites for hydroxylation is 1. The van der Waals surface area contributed by atoms with Crippen molar-refractivity contribution >= 4 is 17.2 Å². The molecular weight excluding hydrogens is 286 g/mol. The van der Waals surface area contributed by atoms with Crippen LogP contribution in [0.25, 0.3) is 17.0 Å². The van der Waals surface area contributed by atoms with E-state index in [1.165, 1.54) is 0 Å². The van der Waals surface area contributed by atoms with Gasteiger partial charge in [-0.3, -0.25) is 4.40 Å². The van der Waals surface area contributed by atoms with E-state index < -0.39 is 0 Å². The molecule has 5 nitrogen and oxygen atoms in total. The maximum absolute atomic E-state index is 6.09. The standard InChI is InChI=1S/C15H14ClN5/c1-9-19-12(10-5-17-6-10)4-13(20-9)14-7-18-15-3-2-11(16)8-21(14)15/h2-4,7-8,10,17H,5-6H2,1H3. The van der Waals surface area contributed by atoms with Crippen molar-refractivity contribution in [3.63, 3.8) is 0 Å². The van der Waals surface area contributed by atoms with Crippen molar-refractivity contribution in [3.05, 3.63) is 47.1 Å². The molecule has 1 N–H and O–H groups in total. The second-order valence-electron chi connectivity index (χ2n) is 5.30. The molecule has 0 amide bonds. The van der Waals surface area contributed by atoms with Crippen LogP contribution in [0.3, 0.4) is 0 Å². The van der Waals surface area contributed by atoms with E-state index in [0.717, 1.165) is 41.6 Å². The lowest BCUT2D eigenvalue weighted by Gasteiger charge is -2.26. The molecule has 3 aromatic rings. The summed E-state index contributed by atoms with van der Waals surface area (Å²) in [5, 5.41) is 3.95. The second-order valence-corrected chi connectivity index (χ2v) is 5.74. The molecule has 21 heavy (non-hydrogen) atoms. The zero-order valence-electron chi connectivity index (χ0n) is 11.5. The predicted octanol–water partition coefficient (Wildman–Crippen LogP) is 2.44. The average Bonchev–Trinajstić information content (AvgIpc) is 2.78. The van der Waals surface area contributed by atoms with Gasteiger partial charge in [0.15, 0.2) is 0 Å². The Morgan fingerprint density at radius 1 is 1.29 bits per heavy atom. The number of pyridine rings is 1. The summed E-state index contributed by atoms with van der Waals surface area (Å²) in [5.41, 5.74) is 3.77. The number of hydrogen-bond acceptors (Lipinski definition) is 4. The summed E-state index contributed by atoms with van der Waals surface area (Å²) < 4.78 is 1.97. The van der Waals surface area contributed by atoms with Crippen molar-refractivity contribution in [1.29, 1.82) is 0 Å². The van der Waals surface area contributed by atoms with Crippen LogP contribution in [0.15, 0.2) is 30.6 Å². The monoisotopic (exact) mass is 299 g/mol. The van der Waals surface area contributed by atoms with Gasteiger partial charge in [-0.15, -0.1) is 0 Å². The van der Waals surface area contributed by atoms with E-state index in [0.29, 0.717) is 10.9 Å². The van der Waals surface area contributed by atoms with E-state index in [1.54, 1.807) is 0 Å². The van der Waals surface area contributed by atoms with Gasteiger partial charge in [0, 0.05) is 25.2 Å². The molecule has 0 atom stereocenters. The molecule has 0 bridgehead atoms. The van der Waals surface area contributed by atoms with E-state index in [4.69, 9.17) is 11.6 Å². The van der Waals surface area contributed by atoms with Gasteiger partial charge in [0.2, 0.25) is 0 Å². The van der Waals surface area contributed by atoms with Gasteiger partial charge in [-0.25, -0.2) is 15.0 Å². The Kier molecular flexibility index (Phi) is 2.90. The Hall–Kier alpha value is -1.98. The molecule has 0 spiro atoms. The first-order valence-corrected chi connectivity index (χ1v) is 7.28. The van der Waals surface area contributed by atoms with Crippen molar-refractivity contribution in [3.8, 4) is 11.4 Å². The SMILES string of the molecule is Cc1nc(-c2cnc3ccc(Cl)cn23)cc(C2CNC2)n1. The van der Waals surface area contributed by atoms with Crippen molar-refractivity contribution in [2.24, 2.45) is 0 Å². The van der Waals surface area contributed by atoms with Gasteiger partial charge >= 0.3 is 0 Å². The fourth-order valence-electron chi connectivity index (χ4n) is 2.57. The molecule has 0 saturated carbocycles. The molecule has 0 radical (unpaired) electrons. The Bertz CT molecular complexity index is 822. The van der Waals surface area contributed by atoms with Gasteiger partial charge in [0.05, 0.1) is 28.3 Å². The molecule has 1 aliphatic rings. The summed E-state index contributed by atoms with van der Waals surface area (Å²) >= 11 is 6.09. The molecule has 0 unspecified atom stereocenters. The Morgan fingerprint density at radius 2 is 2.14 bits per heavy atom. The summed E-state index contributed by atoms with van der Waals surface area (Å²) in [4.78, 5) is 13.5. The summed E-state index contributed by atoms with van der Waals surface area (Å²) in [6.07, 6.45) is 3.69. The molecule has 4 rings (SSSR count).